The summed E-state index contributed by atoms with van der Waals surface area (Å²) in [5.41, 5.74) is 8.03. The highest BCUT2D eigenvalue weighted by molar-refractivity contribution is 6.00. The predicted octanol–water partition coefficient (Wildman–Crippen LogP) is 5.82. The van der Waals surface area contributed by atoms with E-state index in [1.54, 1.807) is 0 Å². The minimum Gasteiger partial charge on any atom is -0.373 e. The standard InChI is InChI=1S/C35H34O2/c1-4-26-19-24(3)20-27(5-2)35(26)34(36)23-37-18-17-31-29(21-25-11-7-6-8-12-25)15-16-32-30-14-10-9-13-28(30)22-33(31)32/h6-16,19-22H,4-5,17-18,23H2,1-3H3. The predicted molar refractivity (Wildman–Crippen MR) is 152 cm³/mol. The number of Topliss-reactive ketones (excluding diaryl/α,β-unsaturated/α-hetero) is 1. The van der Waals surface area contributed by atoms with Crippen molar-refractivity contribution in [3.63, 3.8) is 0 Å². The Morgan fingerprint density at radius 3 is 2.27 bits per heavy atom. The van der Waals surface area contributed by atoms with Crippen LogP contribution in [-0.4, -0.2) is 19.0 Å². The molecule has 186 valence electrons. The minimum atomic E-state index is 0.0852. The summed E-state index contributed by atoms with van der Waals surface area (Å²) in [5.74, 6) is 0.0852. The van der Waals surface area contributed by atoms with E-state index in [-0.39, 0.29) is 12.4 Å². The zero-order chi connectivity index (χ0) is 25.8. The Morgan fingerprint density at radius 1 is 0.838 bits per heavy atom. The van der Waals surface area contributed by atoms with Crippen LogP contribution in [0.1, 0.15) is 57.6 Å². The van der Waals surface area contributed by atoms with Gasteiger partial charge in [0.25, 0.3) is 0 Å². The van der Waals surface area contributed by atoms with Crippen molar-refractivity contribution in [1.29, 1.82) is 0 Å². The zero-order valence-corrected chi connectivity index (χ0v) is 22.0. The lowest BCUT2D eigenvalue weighted by Crippen LogP contribution is -2.18. The Labute approximate surface area is 219 Å². The highest BCUT2D eigenvalue weighted by Gasteiger charge is 2.16. The Balaban J connectivity index is 1.42. The van der Waals surface area contributed by atoms with Crippen LogP contribution in [0.25, 0.3) is 12.2 Å². The molecule has 0 saturated heterocycles. The van der Waals surface area contributed by atoms with Gasteiger partial charge in [0.2, 0.25) is 0 Å². The Morgan fingerprint density at radius 2 is 1.54 bits per heavy atom. The van der Waals surface area contributed by atoms with E-state index in [9.17, 15) is 4.79 Å². The maximum atomic E-state index is 13.2. The van der Waals surface area contributed by atoms with Crippen LogP contribution in [0.15, 0.2) is 78.9 Å². The van der Waals surface area contributed by atoms with E-state index in [0.29, 0.717) is 6.61 Å². The van der Waals surface area contributed by atoms with E-state index in [0.717, 1.165) is 36.0 Å². The molecule has 4 aromatic rings. The van der Waals surface area contributed by atoms with Crippen LogP contribution in [0.3, 0.4) is 0 Å². The highest BCUT2D eigenvalue weighted by Crippen LogP contribution is 2.20. The lowest BCUT2D eigenvalue weighted by atomic mass is 9.92. The van der Waals surface area contributed by atoms with E-state index >= 15 is 0 Å². The summed E-state index contributed by atoms with van der Waals surface area (Å²) in [7, 11) is 0. The molecule has 0 amide bonds. The van der Waals surface area contributed by atoms with Gasteiger partial charge in [-0.25, -0.2) is 0 Å². The van der Waals surface area contributed by atoms with Gasteiger partial charge in [-0.2, -0.15) is 0 Å². The van der Waals surface area contributed by atoms with Crippen molar-refractivity contribution in [3.8, 4) is 0 Å². The largest absolute Gasteiger partial charge is 0.373 e. The lowest BCUT2D eigenvalue weighted by molar-refractivity contribution is 0.0763. The van der Waals surface area contributed by atoms with Gasteiger partial charge in [0.1, 0.15) is 6.61 Å². The smallest absolute Gasteiger partial charge is 0.189 e. The van der Waals surface area contributed by atoms with E-state index in [1.807, 2.05) is 6.07 Å². The van der Waals surface area contributed by atoms with Gasteiger partial charge in [0.05, 0.1) is 6.61 Å². The fourth-order valence-electron chi connectivity index (χ4n) is 5.52. The molecule has 4 aromatic carbocycles. The number of benzene rings is 4. The molecule has 0 fully saturated rings. The third kappa shape index (κ3) is 5.21. The first kappa shape index (κ1) is 24.9. The molecule has 0 bridgehead atoms. The summed E-state index contributed by atoms with van der Waals surface area (Å²) in [6.07, 6.45) is 6.97. The second-order valence-corrected chi connectivity index (χ2v) is 9.77. The van der Waals surface area contributed by atoms with E-state index in [1.165, 1.54) is 43.1 Å². The molecule has 0 aliphatic heterocycles. The molecule has 2 nitrogen and oxygen atoms in total. The van der Waals surface area contributed by atoms with Crippen molar-refractivity contribution in [2.75, 3.05) is 13.2 Å². The van der Waals surface area contributed by atoms with E-state index < -0.39 is 0 Å². The first-order valence-electron chi connectivity index (χ1n) is 13.3. The first-order chi connectivity index (χ1) is 18.1. The van der Waals surface area contributed by atoms with Crippen molar-refractivity contribution in [2.45, 2.75) is 40.0 Å². The van der Waals surface area contributed by atoms with Crippen molar-refractivity contribution >= 4 is 17.9 Å². The summed E-state index contributed by atoms with van der Waals surface area (Å²) < 4.78 is 6.05. The Kier molecular flexibility index (Phi) is 7.48. The molecule has 2 heteroatoms. The molecule has 0 heterocycles. The van der Waals surface area contributed by atoms with E-state index in [4.69, 9.17) is 4.74 Å². The summed E-state index contributed by atoms with van der Waals surface area (Å²) in [5, 5.41) is 5.00. The zero-order valence-electron chi connectivity index (χ0n) is 22.0. The second kappa shape index (κ2) is 11.1. The molecule has 5 rings (SSSR count). The van der Waals surface area contributed by atoms with Crippen LogP contribution in [0, 0.1) is 17.4 Å². The number of carbonyl (C=O) groups is 1. The fourth-order valence-corrected chi connectivity index (χ4v) is 5.52. The number of carbonyl (C=O) groups excluding carboxylic acids is 1. The summed E-state index contributed by atoms with van der Waals surface area (Å²) in [6, 6.07) is 27.7. The number of hydrogen-bond donors (Lipinski definition) is 0. The fraction of sp³-hybridized carbons (Fsp3) is 0.229. The third-order valence-corrected chi connectivity index (χ3v) is 7.28. The molecule has 1 aliphatic carbocycles. The van der Waals surface area contributed by atoms with Crippen molar-refractivity contribution in [2.24, 2.45) is 0 Å². The molecular weight excluding hydrogens is 452 g/mol. The normalized spacial score (nSPS) is 12.2. The van der Waals surface area contributed by atoms with Gasteiger partial charge in [0.15, 0.2) is 5.78 Å². The SMILES string of the molecule is CCc1cc(C)cc(CC)c1C(=O)COCCc1c2c(ccc1=Cc1ccccc1)=c1ccccc1=C2. The van der Waals surface area contributed by atoms with E-state index in [2.05, 4.69) is 106 Å². The molecule has 0 N–H and O–H groups in total. The quantitative estimate of drug-likeness (QED) is 0.194. The third-order valence-electron chi connectivity index (χ3n) is 7.28. The first-order valence-corrected chi connectivity index (χ1v) is 13.3. The molecule has 0 atom stereocenters. The minimum absolute atomic E-state index is 0.0852. The second-order valence-electron chi connectivity index (χ2n) is 9.77. The molecule has 0 saturated carbocycles. The summed E-state index contributed by atoms with van der Waals surface area (Å²) >= 11 is 0. The average Bonchev–Trinajstić information content (AvgIpc) is 3.30. The molecule has 37 heavy (non-hydrogen) atoms. The highest BCUT2D eigenvalue weighted by atomic mass is 16.5. The molecule has 0 radical (unpaired) electrons. The number of ether oxygens (including phenoxy) is 1. The number of rotatable bonds is 9. The number of aryl methyl sites for hydroxylation is 3. The Bertz CT molecular complexity index is 1640. The van der Waals surface area contributed by atoms with Crippen LogP contribution in [0.4, 0.5) is 0 Å². The van der Waals surface area contributed by atoms with Crippen molar-refractivity contribution in [1.82, 2.24) is 0 Å². The van der Waals surface area contributed by atoms with Crippen LogP contribution in [-0.2, 0) is 24.0 Å². The summed E-state index contributed by atoms with van der Waals surface area (Å²) in [4.78, 5) is 13.2. The molecule has 0 aromatic heterocycles. The molecule has 1 aliphatic rings. The molecule has 0 spiro atoms. The van der Waals surface area contributed by atoms with Crippen molar-refractivity contribution in [3.05, 3.63) is 139 Å². The van der Waals surface area contributed by atoms with Gasteiger partial charge in [-0.3, -0.25) is 4.79 Å². The number of ketones is 1. The molecular formula is C35H34O2. The van der Waals surface area contributed by atoms with Gasteiger partial charge in [-0.05, 0) is 87.0 Å². The van der Waals surface area contributed by atoms with Crippen LogP contribution < -0.4 is 10.4 Å². The van der Waals surface area contributed by atoms with Gasteiger partial charge >= 0.3 is 0 Å². The number of hydrogen-bond acceptors (Lipinski definition) is 2. The van der Waals surface area contributed by atoms with Gasteiger partial charge in [0, 0.05) is 5.56 Å². The average molecular weight is 487 g/mol. The monoisotopic (exact) mass is 486 g/mol. The number of fused-ring (bicyclic) bond motifs is 2. The van der Waals surface area contributed by atoms with Crippen LogP contribution in [0.5, 0.6) is 0 Å². The molecule has 0 unspecified atom stereocenters. The Hall–Kier alpha value is -3.75. The maximum absolute atomic E-state index is 13.2. The van der Waals surface area contributed by atoms with Gasteiger partial charge in [-0.1, -0.05) is 98.3 Å². The summed E-state index contributed by atoms with van der Waals surface area (Å²) in [6.45, 7) is 6.93. The van der Waals surface area contributed by atoms with Gasteiger partial charge < -0.3 is 4.74 Å². The maximum Gasteiger partial charge on any atom is 0.189 e. The van der Waals surface area contributed by atoms with Crippen LogP contribution in [0.2, 0.25) is 0 Å². The van der Waals surface area contributed by atoms with Gasteiger partial charge in [-0.15, -0.1) is 0 Å². The van der Waals surface area contributed by atoms with Crippen LogP contribution >= 0.6 is 0 Å². The van der Waals surface area contributed by atoms with Crippen molar-refractivity contribution < 1.29 is 9.53 Å². The topological polar surface area (TPSA) is 26.3 Å². The lowest BCUT2D eigenvalue weighted by Gasteiger charge is -2.14.